The van der Waals surface area contributed by atoms with Gasteiger partial charge in [0, 0.05) is 0 Å². The van der Waals surface area contributed by atoms with Gasteiger partial charge in [0.05, 0.1) is 0 Å². The first kappa shape index (κ1) is 16.9. The molecule has 0 unspecified atom stereocenters. The molecule has 4 aliphatic rings. The van der Waals surface area contributed by atoms with E-state index in [0.29, 0.717) is 35.4 Å². The zero-order chi connectivity index (χ0) is 17.0. The Hall–Kier alpha value is 0.439. The molecule has 2 N–H and O–H groups in total. The molecule has 0 heterocycles. The summed E-state index contributed by atoms with van der Waals surface area (Å²) in [5.74, 6) is 3.08. The molecule has 23 heavy (non-hydrogen) atoms. The molecule has 0 aromatic carbocycles. The van der Waals surface area contributed by atoms with Crippen LogP contribution in [-0.4, -0.2) is 36.4 Å². The fourth-order valence-corrected chi connectivity index (χ4v) is 9.99. The standard InChI is InChI=1S/C20H34O2Se/c1-17(2)11-7-15(19(5,21)9-13(11)17)23-16-8-12-14(18(12,3)4)10-20(16,6)22/h11-16,21-22H,7-10H2,1-6H3/t11-,12-,13+,14+,15+,16+,19+,20+/m1/s1. The van der Waals surface area contributed by atoms with Gasteiger partial charge in [-0.1, -0.05) is 0 Å². The summed E-state index contributed by atoms with van der Waals surface area (Å²) in [6.07, 6.45) is 4.33. The molecule has 0 bridgehead atoms. The first-order valence-corrected chi connectivity index (χ1v) is 11.5. The van der Waals surface area contributed by atoms with Crippen molar-refractivity contribution < 1.29 is 10.2 Å². The van der Waals surface area contributed by atoms with Crippen LogP contribution in [0.4, 0.5) is 0 Å². The Morgan fingerprint density at radius 1 is 0.652 bits per heavy atom. The van der Waals surface area contributed by atoms with Crippen molar-refractivity contribution in [1.82, 2.24) is 0 Å². The first-order chi connectivity index (χ1) is 10.4. The van der Waals surface area contributed by atoms with Gasteiger partial charge in [-0.05, 0) is 0 Å². The predicted molar refractivity (Wildman–Crippen MR) is 94.5 cm³/mol. The Morgan fingerprint density at radius 2 is 1.00 bits per heavy atom. The number of hydrogen-bond acceptors (Lipinski definition) is 2. The van der Waals surface area contributed by atoms with Crippen LogP contribution in [0, 0.1) is 34.5 Å². The molecule has 4 saturated carbocycles. The van der Waals surface area contributed by atoms with Crippen molar-refractivity contribution in [2.45, 2.75) is 88.1 Å². The van der Waals surface area contributed by atoms with Gasteiger partial charge in [-0.25, -0.2) is 0 Å². The van der Waals surface area contributed by atoms with Gasteiger partial charge in [-0.15, -0.1) is 0 Å². The Morgan fingerprint density at radius 3 is 1.35 bits per heavy atom. The predicted octanol–water partition coefficient (Wildman–Crippen LogP) is 3.90. The summed E-state index contributed by atoms with van der Waals surface area (Å²) >= 11 is 0.334. The van der Waals surface area contributed by atoms with E-state index in [4.69, 9.17) is 0 Å². The number of fused-ring (bicyclic) bond motifs is 2. The summed E-state index contributed by atoms with van der Waals surface area (Å²) < 4.78 is 0. The van der Waals surface area contributed by atoms with Crippen LogP contribution in [0.2, 0.25) is 9.63 Å². The van der Waals surface area contributed by atoms with E-state index < -0.39 is 11.2 Å². The van der Waals surface area contributed by atoms with Gasteiger partial charge < -0.3 is 0 Å². The Kier molecular flexibility index (Phi) is 3.36. The summed E-state index contributed by atoms with van der Waals surface area (Å²) in [5.41, 5.74) is -0.150. The van der Waals surface area contributed by atoms with E-state index in [-0.39, 0.29) is 0 Å². The molecule has 0 aromatic rings. The molecule has 0 amide bonds. The monoisotopic (exact) mass is 386 g/mol. The zero-order valence-corrected chi connectivity index (χ0v) is 17.3. The molecule has 132 valence electrons. The minimum atomic E-state index is -0.513. The molecule has 0 saturated heterocycles. The molecule has 4 aliphatic carbocycles. The SMILES string of the molecule is CC1(C)[C@@H]2C[C@H]([Se][C@H]3C[C@@H]4[C@H](C[C@]3(C)O)C4(C)C)[C@@](C)(O)C[C@@H]21. The summed E-state index contributed by atoms with van der Waals surface area (Å²) in [7, 11) is 0. The van der Waals surface area contributed by atoms with Crippen LogP contribution in [-0.2, 0) is 0 Å². The summed E-state index contributed by atoms with van der Waals surface area (Å²) in [4.78, 5) is 0.848. The first-order valence-electron chi connectivity index (χ1n) is 9.47. The summed E-state index contributed by atoms with van der Waals surface area (Å²) in [5, 5.41) is 22.2. The van der Waals surface area contributed by atoms with E-state index in [1.54, 1.807) is 0 Å². The second-order valence-electron chi connectivity index (χ2n) is 10.8. The normalized spacial score (nSPS) is 59.0. The van der Waals surface area contributed by atoms with E-state index in [9.17, 15) is 10.2 Å². The quantitative estimate of drug-likeness (QED) is 0.708. The molecule has 3 heteroatoms. The van der Waals surface area contributed by atoms with Gasteiger partial charge in [-0.2, -0.15) is 0 Å². The van der Waals surface area contributed by atoms with Crippen molar-refractivity contribution in [3.05, 3.63) is 0 Å². The van der Waals surface area contributed by atoms with Crippen LogP contribution in [0.25, 0.3) is 0 Å². The molecule has 0 aliphatic heterocycles. The van der Waals surface area contributed by atoms with Gasteiger partial charge in [0.25, 0.3) is 0 Å². The number of aliphatic hydroxyl groups is 2. The van der Waals surface area contributed by atoms with Crippen LogP contribution in [0.15, 0.2) is 0 Å². The maximum atomic E-state index is 11.1. The minimum absolute atomic E-state index is 0.334. The molecule has 0 radical (unpaired) electrons. The van der Waals surface area contributed by atoms with E-state index >= 15 is 0 Å². The second-order valence-corrected chi connectivity index (χ2v) is 13.7. The van der Waals surface area contributed by atoms with Crippen LogP contribution >= 0.6 is 0 Å². The Bertz CT molecular complexity index is 476. The second kappa shape index (κ2) is 4.58. The van der Waals surface area contributed by atoms with Crippen LogP contribution in [0.3, 0.4) is 0 Å². The van der Waals surface area contributed by atoms with Gasteiger partial charge >= 0.3 is 148 Å². The van der Waals surface area contributed by atoms with Crippen LogP contribution in [0.5, 0.6) is 0 Å². The summed E-state index contributed by atoms with van der Waals surface area (Å²) in [6, 6.07) is 0. The Balaban J connectivity index is 1.49. The van der Waals surface area contributed by atoms with Gasteiger partial charge in [0.15, 0.2) is 0 Å². The fourth-order valence-electron chi connectivity index (χ4n) is 6.19. The maximum absolute atomic E-state index is 11.1. The summed E-state index contributed by atoms with van der Waals surface area (Å²) in [6.45, 7) is 13.7. The van der Waals surface area contributed by atoms with Crippen molar-refractivity contribution in [1.29, 1.82) is 0 Å². The van der Waals surface area contributed by atoms with Crippen molar-refractivity contribution >= 4 is 15.0 Å². The third kappa shape index (κ3) is 2.40. The van der Waals surface area contributed by atoms with Crippen molar-refractivity contribution in [3.8, 4) is 0 Å². The number of hydrogen-bond donors (Lipinski definition) is 2. The number of rotatable bonds is 2. The average molecular weight is 385 g/mol. The van der Waals surface area contributed by atoms with E-state index in [1.165, 1.54) is 12.8 Å². The molecular weight excluding hydrogens is 351 g/mol. The molecular formula is C20H34O2Se. The molecule has 0 aromatic heterocycles. The van der Waals surface area contributed by atoms with Crippen molar-refractivity contribution in [3.63, 3.8) is 0 Å². The molecule has 0 spiro atoms. The topological polar surface area (TPSA) is 40.5 Å². The zero-order valence-electron chi connectivity index (χ0n) is 15.6. The molecule has 8 atom stereocenters. The molecule has 4 rings (SSSR count). The molecule has 4 fully saturated rings. The van der Waals surface area contributed by atoms with Gasteiger partial charge in [0.1, 0.15) is 0 Å². The van der Waals surface area contributed by atoms with E-state index in [0.717, 1.165) is 36.5 Å². The van der Waals surface area contributed by atoms with E-state index in [2.05, 4.69) is 41.5 Å². The Labute approximate surface area is 148 Å². The third-order valence-electron chi connectivity index (χ3n) is 8.49. The van der Waals surface area contributed by atoms with Gasteiger partial charge in [0.2, 0.25) is 0 Å². The van der Waals surface area contributed by atoms with Crippen molar-refractivity contribution in [2.75, 3.05) is 0 Å². The average Bonchev–Trinajstić information content (AvgIpc) is 3.10. The third-order valence-corrected chi connectivity index (χ3v) is 12.8. The van der Waals surface area contributed by atoms with Gasteiger partial charge in [-0.3, -0.25) is 0 Å². The van der Waals surface area contributed by atoms with Crippen LogP contribution in [0.1, 0.15) is 67.2 Å². The fraction of sp³-hybridized carbons (Fsp3) is 1.00. The van der Waals surface area contributed by atoms with E-state index in [1.807, 2.05) is 0 Å². The van der Waals surface area contributed by atoms with Crippen LogP contribution < -0.4 is 0 Å². The van der Waals surface area contributed by atoms with Crippen molar-refractivity contribution in [2.24, 2.45) is 34.5 Å². The molecule has 2 nitrogen and oxygen atoms in total.